The fourth-order valence-corrected chi connectivity index (χ4v) is 5.27. The van der Waals surface area contributed by atoms with Gasteiger partial charge < -0.3 is 16.0 Å². The number of rotatable bonds is 13. The molecule has 1 aromatic heterocycles. The van der Waals surface area contributed by atoms with E-state index in [-0.39, 0.29) is 11.8 Å². The predicted molar refractivity (Wildman–Crippen MR) is 164 cm³/mol. The molecule has 1 aliphatic carbocycles. The van der Waals surface area contributed by atoms with Gasteiger partial charge in [-0.3, -0.25) is 14.6 Å². The summed E-state index contributed by atoms with van der Waals surface area (Å²) in [5, 5.41) is 10.2. The summed E-state index contributed by atoms with van der Waals surface area (Å²) in [5.41, 5.74) is 4.83. The molecule has 1 aliphatic rings. The number of hydrogen-bond acceptors (Lipinski definition) is 4. The second-order valence-corrected chi connectivity index (χ2v) is 10.9. The lowest BCUT2D eigenvalue weighted by Crippen LogP contribution is -2.46. The Morgan fingerprint density at radius 1 is 0.902 bits per heavy atom. The molecule has 6 nitrogen and oxygen atoms in total. The summed E-state index contributed by atoms with van der Waals surface area (Å²) in [4.78, 5) is 30.6. The average Bonchev–Trinajstić information content (AvgIpc) is 3.80. The molecule has 1 unspecified atom stereocenters. The molecule has 0 radical (unpaired) electrons. The topological polar surface area (TPSA) is 83.1 Å². The zero-order chi connectivity index (χ0) is 28.4. The van der Waals surface area contributed by atoms with Gasteiger partial charge >= 0.3 is 0 Å². The van der Waals surface area contributed by atoms with Gasteiger partial charge in [-0.15, -0.1) is 0 Å². The van der Waals surface area contributed by atoms with Gasteiger partial charge in [-0.25, -0.2) is 0 Å². The number of hydrogen-bond donors (Lipinski definition) is 3. The van der Waals surface area contributed by atoms with Gasteiger partial charge in [0, 0.05) is 41.5 Å². The van der Waals surface area contributed by atoms with E-state index >= 15 is 0 Å². The van der Waals surface area contributed by atoms with E-state index in [4.69, 9.17) is 11.6 Å². The number of unbranched alkanes of at least 4 members (excludes halogenated alkanes) is 1. The van der Waals surface area contributed by atoms with Gasteiger partial charge in [0.2, 0.25) is 5.91 Å². The zero-order valence-corrected chi connectivity index (χ0v) is 23.7. The van der Waals surface area contributed by atoms with Crippen molar-refractivity contribution in [3.05, 3.63) is 125 Å². The molecule has 1 heterocycles. The Bertz CT molecular complexity index is 1430. The Morgan fingerprint density at radius 3 is 2.46 bits per heavy atom. The first kappa shape index (κ1) is 28.5. The van der Waals surface area contributed by atoms with Gasteiger partial charge in [-0.05, 0) is 84.8 Å². The van der Waals surface area contributed by atoms with Crippen LogP contribution in [0.5, 0.6) is 0 Å². The molecule has 4 aromatic rings. The second kappa shape index (κ2) is 14.1. The number of aromatic nitrogens is 1. The van der Waals surface area contributed by atoms with Crippen molar-refractivity contribution >= 4 is 23.4 Å². The van der Waals surface area contributed by atoms with E-state index in [1.54, 1.807) is 24.4 Å². The summed E-state index contributed by atoms with van der Waals surface area (Å²) in [6.45, 7) is 1.21. The Morgan fingerprint density at radius 2 is 1.71 bits per heavy atom. The minimum absolute atomic E-state index is 0.203. The molecule has 1 fully saturated rings. The number of pyridine rings is 1. The highest BCUT2D eigenvalue weighted by Crippen LogP contribution is 2.40. The van der Waals surface area contributed by atoms with Crippen molar-refractivity contribution in [1.82, 2.24) is 20.9 Å². The van der Waals surface area contributed by atoms with E-state index in [1.807, 2.05) is 72.9 Å². The fourth-order valence-electron chi connectivity index (χ4n) is 5.06. The first-order valence-electron chi connectivity index (χ1n) is 14.2. The Hall–Kier alpha value is -4.00. The van der Waals surface area contributed by atoms with Gasteiger partial charge in [0.05, 0.1) is 0 Å². The van der Waals surface area contributed by atoms with Crippen LogP contribution in [0.25, 0.3) is 11.1 Å². The lowest BCUT2D eigenvalue weighted by Gasteiger charge is -2.19. The zero-order valence-electron chi connectivity index (χ0n) is 22.9. The molecular weight excluding hydrogens is 532 g/mol. The summed E-state index contributed by atoms with van der Waals surface area (Å²) >= 11 is 6.10. The first-order valence-corrected chi connectivity index (χ1v) is 14.6. The summed E-state index contributed by atoms with van der Waals surface area (Å²) in [6, 6.07) is 28.8. The molecule has 3 aromatic carbocycles. The Balaban J connectivity index is 1.15. The largest absolute Gasteiger partial charge is 0.350 e. The normalized spacial score (nSPS) is 16.5. The lowest BCUT2D eigenvalue weighted by atomic mass is 10.0. The highest BCUT2D eigenvalue weighted by Gasteiger charge is 2.37. The summed E-state index contributed by atoms with van der Waals surface area (Å²) in [6.07, 6.45) is 7.13. The molecule has 0 spiro atoms. The standard InChI is InChI=1S/C34H35ClN4O2/c35-29-12-6-8-24(20-29)22-38-34(41)31(13-4-5-19-37-32-21-30(32)28-11-7-18-36-23-28)39-33(40)27-16-14-26(15-17-27)25-9-2-1-3-10-25/h1-3,6-12,14-18,20,23,30-32,37H,4-5,13,19,21-22H2,(H,38,41)(H,39,40)/t30-,31?,32+/m0/s1. The molecule has 3 N–H and O–H groups in total. The summed E-state index contributed by atoms with van der Waals surface area (Å²) in [7, 11) is 0. The van der Waals surface area contributed by atoms with E-state index in [9.17, 15) is 9.59 Å². The molecule has 3 atom stereocenters. The number of amides is 2. The highest BCUT2D eigenvalue weighted by atomic mass is 35.5. The Labute approximate surface area is 246 Å². The lowest BCUT2D eigenvalue weighted by molar-refractivity contribution is -0.123. The maximum absolute atomic E-state index is 13.2. The third-order valence-electron chi connectivity index (χ3n) is 7.46. The summed E-state index contributed by atoms with van der Waals surface area (Å²) in [5.74, 6) is 0.0650. The molecule has 0 aliphatic heterocycles. The number of nitrogens with one attached hydrogen (secondary N) is 3. The molecule has 210 valence electrons. The number of carbonyl (C=O) groups excluding carboxylic acids is 2. The van der Waals surface area contributed by atoms with Crippen LogP contribution in [-0.4, -0.2) is 35.4 Å². The number of carbonyl (C=O) groups is 2. The number of nitrogens with zero attached hydrogens (tertiary/aromatic N) is 1. The third-order valence-corrected chi connectivity index (χ3v) is 7.70. The van der Waals surface area contributed by atoms with Crippen molar-refractivity contribution in [1.29, 1.82) is 0 Å². The monoisotopic (exact) mass is 566 g/mol. The second-order valence-electron chi connectivity index (χ2n) is 10.5. The molecule has 1 saturated carbocycles. The van der Waals surface area contributed by atoms with Gasteiger partial charge in [0.25, 0.3) is 5.91 Å². The minimum Gasteiger partial charge on any atom is -0.350 e. The maximum Gasteiger partial charge on any atom is 0.251 e. The first-order chi connectivity index (χ1) is 20.1. The van der Waals surface area contributed by atoms with Crippen LogP contribution in [-0.2, 0) is 11.3 Å². The highest BCUT2D eigenvalue weighted by molar-refractivity contribution is 6.30. The van der Waals surface area contributed by atoms with E-state index < -0.39 is 6.04 Å². The molecule has 2 amide bonds. The van der Waals surface area contributed by atoms with Crippen LogP contribution in [0.4, 0.5) is 0 Å². The molecule has 5 rings (SSSR count). The Kier molecular flexibility index (Phi) is 9.78. The predicted octanol–water partition coefficient (Wildman–Crippen LogP) is 6.13. The van der Waals surface area contributed by atoms with Gasteiger partial charge in [0.15, 0.2) is 0 Å². The molecule has 7 heteroatoms. The summed E-state index contributed by atoms with van der Waals surface area (Å²) < 4.78 is 0. The van der Waals surface area contributed by atoms with Crippen molar-refractivity contribution in [3.8, 4) is 11.1 Å². The smallest absolute Gasteiger partial charge is 0.251 e. The van der Waals surface area contributed by atoms with E-state index in [1.165, 1.54) is 5.56 Å². The fraction of sp³-hybridized carbons (Fsp3) is 0.265. The van der Waals surface area contributed by atoms with Crippen molar-refractivity contribution < 1.29 is 9.59 Å². The van der Waals surface area contributed by atoms with Crippen LogP contribution < -0.4 is 16.0 Å². The van der Waals surface area contributed by atoms with E-state index in [2.05, 4.69) is 27.0 Å². The van der Waals surface area contributed by atoms with Gasteiger partial charge in [0.1, 0.15) is 6.04 Å². The van der Waals surface area contributed by atoms with E-state index in [0.29, 0.717) is 35.5 Å². The minimum atomic E-state index is -0.639. The molecular formula is C34H35ClN4O2. The quantitative estimate of drug-likeness (QED) is 0.170. The molecule has 0 saturated heterocycles. The molecule has 0 bridgehead atoms. The average molecular weight is 567 g/mol. The van der Waals surface area contributed by atoms with E-state index in [0.717, 1.165) is 42.5 Å². The number of benzene rings is 3. The van der Waals surface area contributed by atoms with Crippen molar-refractivity contribution in [3.63, 3.8) is 0 Å². The van der Waals surface area contributed by atoms with Crippen LogP contribution in [0.2, 0.25) is 5.02 Å². The van der Waals surface area contributed by atoms with Crippen molar-refractivity contribution in [2.75, 3.05) is 6.54 Å². The SMILES string of the molecule is O=C(NC(CCCCN[C@@H]1C[C@H]1c1cccnc1)C(=O)NCc1cccc(Cl)c1)c1ccc(-c2ccccc2)cc1. The van der Waals surface area contributed by atoms with Crippen LogP contribution in [0.1, 0.15) is 53.1 Å². The van der Waals surface area contributed by atoms with Crippen molar-refractivity contribution in [2.45, 2.75) is 50.2 Å². The number of halogens is 1. The van der Waals surface area contributed by atoms with Crippen LogP contribution in [0, 0.1) is 0 Å². The van der Waals surface area contributed by atoms with Gasteiger partial charge in [-0.2, -0.15) is 0 Å². The maximum atomic E-state index is 13.2. The third kappa shape index (κ3) is 8.26. The van der Waals surface area contributed by atoms with Crippen molar-refractivity contribution in [2.24, 2.45) is 0 Å². The van der Waals surface area contributed by atoms with Gasteiger partial charge in [-0.1, -0.05) is 72.3 Å². The van der Waals surface area contributed by atoms with Crippen LogP contribution in [0.3, 0.4) is 0 Å². The van der Waals surface area contributed by atoms with Crippen LogP contribution >= 0.6 is 11.6 Å². The molecule has 41 heavy (non-hydrogen) atoms. The van der Waals surface area contributed by atoms with Crippen LogP contribution in [0.15, 0.2) is 103 Å².